The van der Waals surface area contributed by atoms with Crippen molar-refractivity contribution in [2.24, 2.45) is 5.92 Å². The number of carbonyl (C=O) groups is 2. The molecule has 1 heterocycles. The first kappa shape index (κ1) is 19.9. The quantitative estimate of drug-likeness (QED) is 0.553. The van der Waals surface area contributed by atoms with Crippen LogP contribution in [0.3, 0.4) is 0 Å². The van der Waals surface area contributed by atoms with Crippen LogP contribution in [0.15, 0.2) is 29.4 Å². The molecule has 8 nitrogen and oxygen atoms in total. The second-order valence-corrected chi connectivity index (χ2v) is 6.84. The van der Waals surface area contributed by atoms with E-state index in [1.807, 2.05) is 45.0 Å². The molecule has 0 aliphatic rings. The Hall–Kier alpha value is -2.42. The van der Waals surface area contributed by atoms with E-state index >= 15 is 0 Å². The molecule has 0 aliphatic carbocycles. The van der Waals surface area contributed by atoms with Gasteiger partial charge in [-0.2, -0.15) is 4.68 Å². The van der Waals surface area contributed by atoms with Crippen LogP contribution in [0.4, 0.5) is 0 Å². The van der Waals surface area contributed by atoms with Gasteiger partial charge in [0.15, 0.2) is 0 Å². The zero-order valence-corrected chi connectivity index (χ0v) is 16.1. The monoisotopic (exact) mass is 377 g/mol. The Bertz CT molecular complexity index is 764. The number of ether oxygens (including phenoxy) is 1. The number of benzene rings is 1. The number of hydrogen-bond donors (Lipinski definition) is 1. The van der Waals surface area contributed by atoms with Gasteiger partial charge in [0.2, 0.25) is 11.1 Å². The van der Waals surface area contributed by atoms with Crippen molar-refractivity contribution in [3.63, 3.8) is 0 Å². The van der Waals surface area contributed by atoms with Gasteiger partial charge in [0.05, 0.1) is 18.6 Å². The van der Waals surface area contributed by atoms with Crippen molar-refractivity contribution in [3.05, 3.63) is 29.8 Å². The Morgan fingerprint density at radius 3 is 2.73 bits per heavy atom. The maximum Gasteiger partial charge on any atom is 0.328 e. The van der Waals surface area contributed by atoms with E-state index in [0.717, 1.165) is 17.7 Å². The summed E-state index contributed by atoms with van der Waals surface area (Å²) in [5, 5.41) is 14.9. The molecule has 1 aromatic carbocycles. The molecule has 140 valence electrons. The molecular weight excluding hydrogens is 354 g/mol. The first-order chi connectivity index (χ1) is 12.5. The molecular formula is C17H23N5O3S. The molecule has 1 N–H and O–H groups in total. The fourth-order valence-electron chi connectivity index (χ4n) is 2.36. The third-order valence-corrected chi connectivity index (χ3v) is 5.02. The Labute approximate surface area is 156 Å². The lowest BCUT2D eigenvalue weighted by Gasteiger charge is -2.21. The van der Waals surface area contributed by atoms with Crippen LogP contribution in [0.2, 0.25) is 0 Å². The molecule has 0 spiro atoms. The van der Waals surface area contributed by atoms with Crippen LogP contribution in [0.1, 0.15) is 25.8 Å². The van der Waals surface area contributed by atoms with Gasteiger partial charge in [0.25, 0.3) is 0 Å². The van der Waals surface area contributed by atoms with Gasteiger partial charge in [0, 0.05) is 0 Å². The first-order valence-corrected chi connectivity index (χ1v) is 9.30. The molecule has 9 heteroatoms. The Kier molecular flexibility index (Phi) is 7.14. The van der Waals surface area contributed by atoms with Crippen LogP contribution in [-0.2, 0) is 14.3 Å². The number of thioether (sulfide) groups is 1. The van der Waals surface area contributed by atoms with Crippen LogP contribution >= 0.6 is 11.8 Å². The summed E-state index contributed by atoms with van der Waals surface area (Å²) < 4.78 is 6.38. The van der Waals surface area contributed by atoms with Gasteiger partial charge in [-0.15, -0.1) is 5.10 Å². The van der Waals surface area contributed by atoms with E-state index in [-0.39, 0.29) is 17.6 Å². The molecule has 2 rings (SSSR count). The average molecular weight is 377 g/mol. The van der Waals surface area contributed by atoms with Crippen molar-refractivity contribution < 1.29 is 14.3 Å². The largest absolute Gasteiger partial charge is 0.467 e. The lowest BCUT2D eigenvalue weighted by molar-refractivity contribution is -0.146. The summed E-state index contributed by atoms with van der Waals surface area (Å²) in [6.07, 6.45) is 0.749. The topological polar surface area (TPSA) is 99.0 Å². The number of aryl methyl sites for hydroxylation is 1. The number of amides is 1. The number of para-hydroxylation sites is 1. The smallest absolute Gasteiger partial charge is 0.328 e. The summed E-state index contributed by atoms with van der Waals surface area (Å²) in [7, 11) is 1.31. The van der Waals surface area contributed by atoms with E-state index in [0.29, 0.717) is 5.16 Å². The van der Waals surface area contributed by atoms with E-state index in [9.17, 15) is 9.59 Å². The predicted octanol–water partition coefficient (Wildman–Crippen LogP) is 1.77. The number of nitrogens with one attached hydrogen (secondary N) is 1. The van der Waals surface area contributed by atoms with Gasteiger partial charge in [-0.05, 0) is 34.9 Å². The van der Waals surface area contributed by atoms with Crippen molar-refractivity contribution >= 4 is 23.6 Å². The highest BCUT2D eigenvalue weighted by molar-refractivity contribution is 7.99. The minimum Gasteiger partial charge on any atom is -0.467 e. The van der Waals surface area contributed by atoms with E-state index < -0.39 is 12.0 Å². The lowest BCUT2D eigenvalue weighted by atomic mass is 9.99. The molecule has 0 saturated heterocycles. The number of carbonyl (C=O) groups excluding carboxylic acids is 2. The molecule has 0 aliphatic heterocycles. The van der Waals surface area contributed by atoms with Crippen molar-refractivity contribution in [2.45, 2.75) is 38.4 Å². The average Bonchev–Trinajstić information content (AvgIpc) is 3.11. The van der Waals surface area contributed by atoms with Crippen molar-refractivity contribution in [3.8, 4) is 5.69 Å². The third-order valence-electron chi connectivity index (χ3n) is 4.10. The highest BCUT2D eigenvalue weighted by Gasteiger charge is 2.26. The van der Waals surface area contributed by atoms with E-state index in [1.54, 1.807) is 4.68 Å². The number of methoxy groups -OCH3 is 1. The first-order valence-electron chi connectivity index (χ1n) is 8.32. The van der Waals surface area contributed by atoms with Crippen molar-refractivity contribution in [1.29, 1.82) is 0 Å². The molecule has 0 radical (unpaired) electrons. The zero-order chi connectivity index (χ0) is 19.1. The summed E-state index contributed by atoms with van der Waals surface area (Å²) in [5.74, 6) is -0.642. The Morgan fingerprint density at radius 2 is 2.08 bits per heavy atom. The van der Waals surface area contributed by atoms with Crippen LogP contribution in [0.5, 0.6) is 0 Å². The van der Waals surface area contributed by atoms with Crippen LogP contribution in [0.25, 0.3) is 5.69 Å². The highest BCUT2D eigenvalue weighted by Crippen LogP contribution is 2.20. The lowest BCUT2D eigenvalue weighted by Crippen LogP contribution is -2.46. The predicted molar refractivity (Wildman–Crippen MR) is 98.0 cm³/mol. The Balaban J connectivity index is 2.03. The Morgan fingerprint density at radius 1 is 1.35 bits per heavy atom. The fraction of sp³-hybridized carbons (Fsp3) is 0.471. The highest BCUT2D eigenvalue weighted by atomic mass is 32.2. The second-order valence-electron chi connectivity index (χ2n) is 5.90. The van der Waals surface area contributed by atoms with E-state index in [2.05, 4.69) is 20.8 Å². The summed E-state index contributed by atoms with van der Waals surface area (Å²) in [6, 6.07) is 7.05. The standard InChI is InChI=1S/C17H23N5O3S/c1-5-11(2)15(16(24)25-4)18-14(23)10-26-17-19-20-21-22(17)13-9-7-6-8-12(13)3/h6-9,11,15H,5,10H2,1-4H3,(H,18,23)/t11-,15+/m1/s1. The molecule has 1 amide bonds. The molecule has 0 unspecified atom stereocenters. The third kappa shape index (κ3) is 4.81. The van der Waals surface area contributed by atoms with Crippen LogP contribution < -0.4 is 5.32 Å². The molecule has 2 aromatic rings. The van der Waals surface area contributed by atoms with Gasteiger partial charge < -0.3 is 10.1 Å². The molecule has 1 aromatic heterocycles. The van der Waals surface area contributed by atoms with Gasteiger partial charge in [0.1, 0.15) is 6.04 Å². The maximum absolute atomic E-state index is 12.3. The number of aromatic nitrogens is 4. The van der Waals surface area contributed by atoms with Crippen LogP contribution in [0, 0.1) is 12.8 Å². The number of esters is 1. The zero-order valence-electron chi connectivity index (χ0n) is 15.3. The molecule has 0 saturated carbocycles. The molecule has 0 fully saturated rings. The maximum atomic E-state index is 12.3. The summed E-state index contributed by atoms with van der Waals surface area (Å²) in [6.45, 7) is 5.82. The van der Waals surface area contributed by atoms with Gasteiger partial charge in [-0.3, -0.25) is 4.79 Å². The second kappa shape index (κ2) is 9.33. The SMILES string of the molecule is CC[C@@H](C)[C@H](NC(=O)CSc1nnnn1-c1ccccc1C)C(=O)OC. The molecule has 0 bridgehead atoms. The summed E-state index contributed by atoms with van der Waals surface area (Å²) >= 11 is 1.21. The van der Waals surface area contributed by atoms with E-state index in [1.165, 1.54) is 18.9 Å². The molecule has 2 atom stereocenters. The number of hydrogen-bond acceptors (Lipinski definition) is 7. The van der Waals surface area contributed by atoms with Gasteiger partial charge >= 0.3 is 5.97 Å². The van der Waals surface area contributed by atoms with Crippen molar-refractivity contribution in [1.82, 2.24) is 25.5 Å². The van der Waals surface area contributed by atoms with Crippen LogP contribution in [-0.4, -0.2) is 51.0 Å². The fourth-order valence-corrected chi connectivity index (χ4v) is 3.06. The van der Waals surface area contributed by atoms with Gasteiger partial charge in [-0.1, -0.05) is 50.2 Å². The van der Waals surface area contributed by atoms with Gasteiger partial charge in [-0.25, -0.2) is 4.79 Å². The number of rotatable bonds is 8. The summed E-state index contributed by atoms with van der Waals surface area (Å²) in [4.78, 5) is 24.2. The van der Waals surface area contributed by atoms with E-state index in [4.69, 9.17) is 4.74 Å². The van der Waals surface area contributed by atoms with Crippen molar-refractivity contribution in [2.75, 3.05) is 12.9 Å². The normalized spacial score (nSPS) is 13.1. The molecule has 26 heavy (non-hydrogen) atoms. The minimum atomic E-state index is -0.662. The number of tetrazole rings is 1. The summed E-state index contributed by atoms with van der Waals surface area (Å²) in [5.41, 5.74) is 1.88. The number of nitrogens with zero attached hydrogens (tertiary/aromatic N) is 4. The minimum absolute atomic E-state index is 0.0197.